The first-order chi connectivity index (χ1) is 9.59. The molecule has 0 unspecified atom stereocenters. The third-order valence-electron chi connectivity index (χ3n) is 2.85. The molecule has 0 fully saturated rings. The summed E-state index contributed by atoms with van der Waals surface area (Å²) in [6.45, 7) is 4.68. The molecule has 4 heteroatoms. The zero-order valence-corrected chi connectivity index (χ0v) is 13.6. The Morgan fingerprint density at radius 2 is 1.76 bits per heavy atom. The predicted molar refractivity (Wildman–Crippen MR) is 81.8 cm³/mol. The Balaban J connectivity index is 0.000000562. The molecule has 0 aliphatic carbocycles. The molecule has 0 aliphatic rings. The van der Waals surface area contributed by atoms with Crippen LogP contribution in [0.5, 0.6) is 0 Å². The second kappa shape index (κ2) is 11.3. The van der Waals surface area contributed by atoms with Gasteiger partial charge in [0.05, 0.1) is 0 Å². The molecule has 0 saturated carbocycles. The summed E-state index contributed by atoms with van der Waals surface area (Å²) in [4.78, 5) is 10.9. The smallest absolute Gasteiger partial charge is 0.480 e. The first-order valence-electron chi connectivity index (χ1n) is 6.93. The fourth-order valence-corrected chi connectivity index (χ4v) is 1.84. The van der Waals surface area contributed by atoms with E-state index < -0.39 is 12.0 Å². The van der Waals surface area contributed by atoms with Gasteiger partial charge in [-0.25, -0.2) is 24.3 Å². The van der Waals surface area contributed by atoms with Crippen LogP contribution in [-0.2, 0) is 28.4 Å². The van der Waals surface area contributed by atoms with Crippen molar-refractivity contribution in [2.45, 2.75) is 32.9 Å². The van der Waals surface area contributed by atoms with Crippen molar-refractivity contribution in [1.29, 1.82) is 0 Å². The maximum absolute atomic E-state index is 10.9. The molecule has 21 heavy (non-hydrogen) atoms. The standard InChI is InChI=1S/C12H18NO2.C5H5.Fe/c1-9(2)7-11(12(14)15)13-8-10-5-3-4-6-10;1-2-4-5-3-1;/h3-6,9,11,13H,7-8H2,1-2H3,(H,14,15);1-5H;/q2*-1;+2/t11-;;/m0../s1. The average molecular weight is 329 g/mol. The van der Waals surface area contributed by atoms with Gasteiger partial charge in [-0.3, -0.25) is 4.79 Å². The molecule has 2 N–H and O–H groups in total. The average Bonchev–Trinajstić information content (AvgIpc) is 3.08. The molecular weight excluding hydrogens is 306 g/mol. The number of carboxylic acids is 1. The van der Waals surface area contributed by atoms with Crippen molar-refractivity contribution in [1.82, 2.24) is 5.32 Å². The quantitative estimate of drug-likeness (QED) is 0.631. The van der Waals surface area contributed by atoms with Crippen molar-refractivity contribution < 1.29 is 27.0 Å². The zero-order chi connectivity index (χ0) is 14.8. The largest absolute Gasteiger partial charge is 2.00 e. The fraction of sp³-hybridized carbons (Fsp3) is 0.353. The van der Waals surface area contributed by atoms with Crippen LogP contribution in [0.3, 0.4) is 0 Å². The van der Waals surface area contributed by atoms with Gasteiger partial charge in [0.15, 0.2) is 0 Å². The minimum absolute atomic E-state index is 0. The normalized spacial score (nSPS) is 11.2. The van der Waals surface area contributed by atoms with E-state index in [9.17, 15) is 4.79 Å². The van der Waals surface area contributed by atoms with Crippen LogP contribution in [0.4, 0.5) is 0 Å². The topological polar surface area (TPSA) is 49.3 Å². The molecular formula is C17H23FeNO2. The van der Waals surface area contributed by atoms with Gasteiger partial charge < -0.3 is 10.4 Å². The molecule has 0 aromatic heterocycles. The Bertz CT molecular complexity index is 432. The van der Waals surface area contributed by atoms with Crippen molar-refractivity contribution in [3.8, 4) is 0 Å². The molecule has 1 atom stereocenters. The Labute approximate surface area is 137 Å². The van der Waals surface area contributed by atoms with Crippen molar-refractivity contribution in [2.24, 2.45) is 5.92 Å². The van der Waals surface area contributed by atoms with Crippen LogP contribution >= 0.6 is 0 Å². The summed E-state index contributed by atoms with van der Waals surface area (Å²) in [6, 6.07) is 17.4. The summed E-state index contributed by atoms with van der Waals surface area (Å²) in [7, 11) is 0. The molecule has 0 bridgehead atoms. The number of carboxylic acid groups (broad SMARTS) is 1. The van der Waals surface area contributed by atoms with Crippen molar-refractivity contribution >= 4 is 5.97 Å². The van der Waals surface area contributed by atoms with E-state index in [0.29, 0.717) is 18.9 Å². The molecule has 0 aliphatic heterocycles. The van der Waals surface area contributed by atoms with E-state index in [1.54, 1.807) is 0 Å². The van der Waals surface area contributed by atoms with Gasteiger partial charge in [0, 0.05) is 0 Å². The van der Waals surface area contributed by atoms with Crippen LogP contribution in [0.25, 0.3) is 0 Å². The van der Waals surface area contributed by atoms with Crippen LogP contribution in [0.15, 0.2) is 54.6 Å². The Kier molecular flexibility index (Phi) is 10.6. The van der Waals surface area contributed by atoms with E-state index in [2.05, 4.69) is 5.32 Å². The van der Waals surface area contributed by atoms with E-state index in [1.807, 2.05) is 68.4 Å². The second-order valence-corrected chi connectivity index (χ2v) is 5.16. The number of nitrogens with one attached hydrogen (secondary N) is 1. The first kappa shape index (κ1) is 19.6. The van der Waals surface area contributed by atoms with Gasteiger partial charge in [0.25, 0.3) is 0 Å². The number of hydrogen-bond acceptors (Lipinski definition) is 2. The number of carbonyl (C=O) groups is 1. The van der Waals surface area contributed by atoms with Gasteiger partial charge in [0.1, 0.15) is 6.04 Å². The molecule has 0 heterocycles. The van der Waals surface area contributed by atoms with Crippen LogP contribution in [0, 0.1) is 5.92 Å². The monoisotopic (exact) mass is 329 g/mol. The molecule has 0 amide bonds. The minimum Gasteiger partial charge on any atom is -0.480 e. The van der Waals surface area contributed by atoms with Gasteiger partial charge in [-0.15, -0.1) is 5.56 Å². The first-order valence-corrected chi connectivity index (χ1v) is 6.93. The molecule has 2 aromatic carbocycles. The molecule has 2 rings (SSSR count). The summed E-state index contributed by atoms with van der Waals surface area (Å²) in [5.41, 5.74) is 1.13. The second-order valence-electron chi connectivity index (χ2n) is 5.16. The minimum atomic E-state index is -0.768. The summed E-state index contributed by atoms with van der Waals surface area (Å²) in [5.74, 6) is -0.381. The molecule has 3 nitrogen and oxygen atoms in total. The van der Waals surface area contributed by atoms with Gasteiger partial charge in [-0.2, -0.15) is 30.3 Å². The van der Waals surface area contributed by atoms with E-state index >= 15 is 0 Å². The van der Waals surface area contributed by atoms with Crippen LogP contribution in [-0.4, -0.2) is 17.1 Å². The summed E-state index contributed by atoms with van der Waals surface area (Å²) in [5, 5.41) is 12.0. The Morgan fingerprint density at radius 1 is 1.19 bits per heavy atom. The van der Waals surface area contributed by atoms with Crippen LogP contribution < -0.4 is 5.32 Å². The van der Waals surface area contributed by atoms with E-state index in [-0.39, 0.29) is 17.1 Å². The summed E-state index contributed by atoms with van der Waals surface area (Å²) >= 11 is 0. The SMILES string of the molecule is CC(C)C[C@H](NC[c-]1cccc1)C(=O)O.[Fe+2].c1cc[cH-]c1. The molecule has 0 radical (unpaired) electrons. The van der Waals surface area contributed by atoms with Gasteiger partial charge in [0.2, 0.25) is 0 Å². The Morgan fingerprint density at radius 3 is 2.14 bits per heavy atom. The van der Waals surface area contributed by atoms with Crippen LogP contribution in [0.2, 0.25) is 0 Å². The van der Waals surface area contributed by atoms with Crippen LogP contribution in [0.1, 0.15) is 25.8 Å². The summed E-state index contributed by atoms with van der Waals surface area (Å²) < 4.78 is 0. The number of rotatable bonds is 6. The maximum Gasteiger partial charge on any atom is 2.00 e. The zero-order valence-electron chi connectivity index (χ0n) is 12.5. The number of aliphatic carboxylic acids is 1. The molecule has 2 aromatic rings. The number of hydrogen-bond donors (Lipinski definition) is 2. The van der Waals surface area contributed by atoms with Crippen molar-refractivity contribution in [3.63, 3.8) is 0 Å². The third-order valence-corrected chi connectivity index (χ3v) is 2.85. The van der Waals surface area contributed by atoms with E-state index in [0.717, 1.165) is 5.56 Å². The fourth-order valence-electron chi connectivity index (χ4n) is 1.84. The van der Waals surface area contributed by atoms with Gasteiger partial charge in [-0.1, -0.05) is 13.8 Å². The third kappa shape index (κ3) is 9.24. The van der Waals surface area contributed by atoms with E-state index in [4.69, 9.17) is 5.11 Å². The van der Waals surface area contributed by atoms with Crippen molar-refractivity contribution in [2.75, 3.05) is 0 Å². The van der Waals surface area contributed by atoms with Crippen molar-refractivity contribution in [3.05, 3.63) is 60.2 Å². The summed E-state index contributed by atoms with van der Waals surface area (Å²) in [6.07, 6.45) is 0.663. The molecule has 0 spiro atoms. The Hall–Kier alpha value is -1.35. The van der Waals surface area contributed by atoms with Gasteiger partial charge in [-0.05, 0) is 18.9 Å². The predicted octanol–water partition coefficient (Wildman–Crippen LogP) is 3.40. The molecule has 0 saturated heterocycles. The molecule has 116 valence electrons. The maximum atomic E-state index is 10.9. The van der Waals surface area contributed by atoms with E-state index in [1.165, 1.54) is 0 Å². The van der Waals surface area contributed by atoms with Gasteiger partial charge >= 0.3 is 23.0 Å².